The molecule has 9 nitrogen and oxygen atoms in total. The number of piperazine rings is 1. The van der Waals surface area contributed by atoms with Gasteiger partial charge >= 0.3 is 0 Å². The Labute approximate surface area is 145 Å². The van der Waals surface area contributed by atoms with Crippen molar-refractivity contribution >= 4 is 5.82 Å². The van der Waals surface area contributed by atoms with E-state index in [4.69, 9.17) is 0 Å². The SMILES string of the molecule is Cc1nc(N2CCN(CCn3nccn3)CC2)cc(-n2cccn2)n1. The van der Waals surface area contributed by atoms with E-state index in [9.17, 15) is 0 Å². The molecular formula is C16H21N9. The van der Waals surface area contributed by atoms with Crippen molar-refractivity contribution < 1.29 is 0 Å². The molecule has 0 atom stereocenters. The van der Waals surface area contributed by atoms with E-state index in [2.05, 4.69) is 35.1 Å². The molecule has 9 heteroatoms. The van der Waals surface area contributed by atoms with Crippen LogP contribution < -0.4 is 4.90 Å². The second-order valence-corrected chi connectivity index (χ2v) is 6.04. The van der Waals surface area contributed by atoms with Gasteiger partial charge in [0.1, 0.15) is 11.6 Å². The minimum atomic E-state index is 0.759. The second kappa shape index (κ2) is 6.98. The Hall–Kier alpha value is -2.81. The smallest absolute Gasteiger partial charge is 0.159 e. The van der Waals surface area contributed by atoms with Crippen molar-refractivity contribution in [2.45, 2.75) is 13.5 Å². The highest BCUT2D eigenvalue weighted by atomic mass is 15.5. The summed E-state index contributed by atoms with van der Waals surface area (Å²) in [6.45, 7) is 7.60. The van der Waals surface area contributed by atoms with Crippen LogP contribution in [0.15, 0.2) is 36.9 Å². The lowest BCUT2D eigenvalue weighted by molar-refractivity contribution is 0.239. The van der Waals surface area contributed by atoms with Gasteiger partial charge < -0.3 is 4.90 Å². The van der Waals surface area contributed by atoms with E-state index < -0.39 is 0 Å². The van der Waals surface area contributed by atoms with Gasteiger partial charge in [-0.3, -0.25) is 4.90 Å². The van der Waals surface area contributed by atoms with Crippen molar-refractivity contribution in [2.75, 3.05) is 37.6 Å². The van der Waals surface area contributed by atoms with E-state index in [-0.39, 0.29) is 0 Å². The first-order valence-corrected chi connectivity index (χ1v) is 8.45. The van der Waals surface area contributed by atoms with Crippen LogP contribution in [0.4, 0.5) is 5.82 Å². The second-order valence-electron chi connectivity index (χ2n) is 6.04. The standard InChI is InChI=1S/C16H21N9/c1-14-20-15(13-16(21-14)24-6-2-3-17-24)23-10-7-22(8-11-23)9-12-25-18-4-5-19-25/h2-6,13H,7-12H2,1H3. The lowest BCUT2D eigenvalue weighted by Crippen LogP contribution is -2.47. The van der Waals surface area contributed by atoms with Crippen molar-refractivity contribution in [3.63, 3.8) is 0 Å². The van der Waals surface area contributed by atoms with E-state index in [1.54, 1.807) is 28.1 Å². The van der Waals surface area contributed by atoms with Crippen molar-refractivity contribution in [2.24, 2.45) is 0 Å². The summed E-state index contributed by atoms with van der Waals surface area (Å²) in [5, 5.41) is 12.6. The van der Waals surface area contributed by atoms with Crippen LogP contribution in [-0.4, -0.2) is 72.4 Å². The number of aryl methyl sites for hydroxylation is 1. The minimum absolute atomic E-state index is 0.759. The van der Waals surface area contributed by atoms with Gasteiger partial charge in [0.2, 0.25) is 0 Å². The van der Waals surface area contributed by atoms with E-state index in [1.807, 2.05) is 25.3 Å². The van der Waals surface area contributed by atoms with E-state index in [0.29, 0.717) is 0 Å². The summed E-state index contributed by atoms with van der Waals surface area (Å²) in [4.78, 5) is 15.6. The maximum Gasteiger partial charge on any atom is 0.159 e. The van der Waals surface area contributed by atoms with E-state index in [1.165, 1.54) is 0 Å². The molecule has 0 amide bonds. The number of aromatic nitrogens is 7. The molecular weight excluding hydrogens is 318 g/mol. The topological polar surface area (TPSA) is 80.8 Å². The van der Waals surface area contributed by atoms with Gasteiger partial charge in [0.15, 0.2) is 5.82 Å². The van der Waals surface area contributed by atoms with Crippen LogP contribution in [-0.2, 0) is 6.54 Å². The Morgan fingerprint density at radius 2 is 1.64 bits per heavy atom. The summed E-state index contributed by atoms with van der Waals surface area (Å²) < 4.78 is 1.77. The highest BCUT2D eigenvalue weighted by molar-refractivity contribution is 5.44. The minimum Gasteiger partial charge on any atom is -0.354 e. The average Bonchev–Trinajstić information content (AvgIpc) is 3.33. The molecule has 0 aliphatic carbocycles. The first-order chi connectivity index (χ1) is 12.3. The summed E-state index contributed by atoms with van der Waals surface area (Å²) in [5.74, 6) is 2.53. The van der Waals surface area contributed by atoms with Crippen LogP contribution in [0.2, 0.25) is 0 Å². The molecule has 4 rings (SSSR count). The Morgan fingerprint density at radius 1 is 0.880 bits per heavy atom. The molecule has 1 fully saturated rings. The molecule has 0 saturated carbocycles. The molecule has 4 heterocycles. The van der Waals surface area contributed by atoms with Gasteiger partial charge in [0, 0.05) is 51.2 Å². The Kier molecular flexibility index (Phi) is 4.38. The quantitative estimate of drug-likeness (QED) is 0.665. The number of nitrogens with zero attached hydrogens (tertiary/aromatic N) is 9. The lowest BCUT2D eigenvalue weighted by atomic mass is 10.3. The molecule has 0 spiro atoms. The largest absolute Gasteiger partial charge is 0.354 e. The Bertz CT molecular complexity index is 789. The number of hydrogen-bond donors (Lipinski definition) is 0. The van der Waals surface area contributed by atoms with Crippen LogP contribution in [0.25, 0.3) is 5.82 Å². The monoisotopic (exact) mass is 339 g/mol. The van der Waals surface area contributed by atoms with Crippen molar-refractivity contribution in [3.8, 4) is 5.82 Å². The Morgan fingerprint density at radius 3 is 2.36 bits per heavy atom. The summed E-state index contributed by atoms with van der Waals surface area (Å²) in [5.41, 5.74) is 0. The highest BCUT2D eigenvalue weighted by Crippen LogP contribution is 2.17. The third-order valence-electron chi connectivity index (χ3n) is 4.33. The molecule has 3 aromatic rings. The van der Waals surface area contributed by atoms with Gasteiger partial charge in [-0.1, -0.05) is 0 Å². The lowest BCUT2D eigenvalue weighted by Gasteiger charge is -2.35. The molecule has 130 valence electrons. The van der Waals surface area contributed by atoms with Crippen molar-refractivity contribution in [1.82, 2.24) is 39.6 Å². The summed E-state index contributed by atoms with van der Waals surface area (Å²) in [7, 11) is 0. The highest BCUT2D eigenvalue weighted by Gasteiger charge is 2.19. The van der Waals surface area contributed by atoms with Gasteiger partial charge in [-0.2, -0.15) is 20.1 Å². The average molecular weight is 339 g/mol. The molecule has 1 aliphatic rings. The summed E-state index contributed by atoms with van der Waals surface area (Å²) in [6.07, 6.45) is 7.08. The van der Waals surface area contributed by atoms with Crippen LogP contribution in [0.1, 0.15) is 5.82 Å². The fourth-order valence-electron chi connectivity index (χ4n) is 3.01. The molecule has 0 aromatic carbocycles. The first-order valence-electron chi connectivity index (χ1n) is 8.45. The fourth-order valence-corrected chi connectivity index (χ4v) is 3.01. The van der Waals surface area contributed by atoms with E-state index >= 15 is 0 Å². The molecule has 0 N–H and O–H groups in total. The third-order valence-corrected chi connectivity index (χ3v) is 4.33. The van der Waals surface area contributed by atoms with E-state index in [0.717, 1.165) is 56.7 Å². The van der Waals surface area contributed by atoms with Crippen LogP contribution >= 0.6 is 0 Å². The number of hydrogen-bond acceptors (Lipinski definition) is 7. The third kappa shape index (κ3) is 3.66. The van der Waals surface area contributed by atoms with Crippen LogP contribution in [0.3, 0.4) is 0 Å². The maximum absolute atomic E-state index is 4.61. The van der Waals surface area contributed by atoms with Crippen molar-refractivity contribution in [3.05, 3.63) is 42.7 Å². The van der Waals surface area contributed by atoms with Gasteiger partial charge in [-0.15, -0.1) is 0 Å². The zero-order chi connectivity index (χ0) is 17.1. The zero-order valence-electron chi connectivity index (χ0n) is 14.2. The molecule has 3 aromatic heterocycles. The number of anilines is 1. The zero-order valence-corrected chi connectivity index (χ0v) is 14.2. The molecule has 0 radical (unpaired) electrons. The van der Waals surface area contributed by atoms with Gasteiger partial charge in [0.05, 0.1) is 18.9 Å². The molecule has 25 heavy (non-hydrogen) atoms. The van der Waals surface area contributed by atoms with Gasteiger partial charge in [0.25, 0.3) is 0 Å². The van der Waals surface area contributed by atoms with Crippen LogP contribution in [0, 0.1) is 6.92 Å². The van der Waals surface area contributed by atoms with Gasteiger partial charge in [-0.05, 0) is 13.0 Å². The van der Waals surface area contributed by atoms with Crippen LogP contribution in [0.5, 0.6) is 0 Å². The predicted molar refractivity (Wildman–Crippen MR) is 92.6 cm³/mol. The maximum atomic E-state index is 4.61. The first kappa shape index (κ1) is 15.7. The summed E-state index contributed by atoms with van der Waals surface area (Å²) >= 11 is 0. The molecule has 1 saturated heterocycles. The predicted octanol–water partition coefficient (Wildman–Crippen LogP) is 0.384. The number of rotatable bonds is 5. The Balaban J connectivity index is 1.39. The molecule has 0 bridgehead atoms. The molecule has 1 aliphatic heterocycles. The summed E-state index contributed by atoms with van der Waals surface area (Å²) in [6, 6.07) is 3.90. The molecule has 0 unspecified atom stereocenters. The van der Waals surface area contributed by atoms with Crippen molar-refractivity contribution in [1.29, 1.82) is 0 Å². The fraction of sp³-hybridized carbons (Fsp3) is 0.438. The normalized spacial score (nSPS) is 15.6. The van der Waals surface area contributed by atoms with Gasteiger partial charge in [-0.25, -0.2) is 14.6 Å².